The van der Waals surface area contributed by atoms with E-state index in [1.807, 2.05) is 30.3 Å². The van der Waals surface area contributed by atoms with Gasteiger partial charge in [0, 0.05) is 0 Å². The summed E-state index contributed by atoms with van der Waals surface area (Å²) in [7, 11) is 0. The van der Waals surface area contributed by atoms with Crippen LogP contribution < -0.4 is 0 Å². The second-order valence-electron chi connectivity index (χ2n) is 5.16. The predicted octanol–water partition coefficient (Wildman–Crippen LogP) is 4.29. The van der Waals surface area contributed by atoms with Gasteiger partial charge in [-0.25, -0.2) is 0 Å². The lowest BCUT2D eigenvalue weighted by Gasteiger charge is -2.13. The summed E-state index contributed by atoms with van der Waals surface area (Å²) in [5.74, 6) is 0.357. The number of nitrogens with zero attached hydrogens (tertiary/aromatic N) is 3. The molecule has 3 rings (SSSR count). The number of hydrogen-bond donors (Lipinski definition) is 1. The van der Waals surface area contributed by atoms with Gasteiger partial charge in [0.2, 0.25) is 0 Å². The molecule has 108 valence electrons. The van der Waals surface area contributed by atoms with Gasteiger partial charge in [-0.05, 0) is 42.2 Å². The van der Waals surface area contributed by atoms with Crippen LogP contribution in [0.1, 0.15) is 31.7 Å². The number of aromatic nitrogens is 3. The Kier molecular flexibility index (Phi) is 3.55. The van der Waals surface area contributed by atoms with Gasteiger partial charge in [-0.2, -0.15) is 0 Å². The highest BCUT2D eigenvalue weighted by Gasteiger charge is 2.15. The molecule has 0 aliphatic rings. The molecule has 0 saturated carbocycles. The maximum Gasteiger partial charge on any atom is 0.161 e. The van der Waals surface area contributed by atoms with Gasteiger partial charge in [0.05, 0.1) is 5.02 Å². The Labute approximate surface area is 128 Å². The second-order valence-corrected chi connectivity index (χ2v) is 5.57. The third kappa shape index (κ3) is 2.47. The molecule has 0 radical (unpaired) electrons. The molecule has 0 bridgehead atoms. The minimum atomic E-state index is 0.00373. The van der Waals surface area contributed by atoms with Gasteiger partial charge in [0.25, 0.3) is 0 Å². The van der Waals surface area contributed by atoms with Gasteiger partial charge in [0.15, 0.2) is 5.75 Å². The van der Waals surface area contributed by atoms with Gasteiger partial charge < -0.3 is 5.11 Å². The monoisotopic (exact) mass is 301 g/mol. The van der Waals surface area contributed by atoms with Crippen molar-refractivity contribution < 1.29 is 5.11 Å². The van der Waals surface area contributed by atoms with E-state index in [1.165, 1.54) is 4.80 Å². The summed E-state index contributed by atoms with van der Waals surface area (Å²) in [4.78, 5) is 1.44. The topological polar surface area (TPSA) is 50.9 Å². The van der Waals surface area contributed by atoms with E-state index in [2.05, 4.69) is 24.0 Å². The van der Waals surface area contributed by atoms with Crippen LogP contribution in [-0.2, 0) is 0 Å². The molecule has 0 saturated heterocycles. The molecule has 21 heavy (non-hydrogen) atoms. The van der Waals surface area contributed by atoms with E-state index in [4.69, 9.17) is 11.6 Å². The van der Waals surface area contributed by atoms with E-state index in [0.29, 0.717) is 16.6 Å². The molecule has 1 atom stereocenters. The third-order valence-corrected chi connectivity index (χ3v) is 4.04. The molecule has 0 amide bonds. The number of halogens is 1. The zero-order valence-corrected chi connectivity index (χ0v) is 12.7. The van der Waals surface area contributed by atoms with Gasteiger partial charge in [-0.1, -0.05) is 37.6 Å². The smallest absolute Gasteiger partial charge is 0.161 e. The van der Waals surface area contributed by atoms with Crippen molar-refractivity contribution in [3.63, 3.8) is 0 Å². The Morgan fingerprint density at radius 1 is 1.19 bits per heavy atom. The van der Waals surface area contributed by atoms with Crippen molar-refractivity contribution in [1.82, 2.24) is 15.0 Å². The van der Waals surface area contributed by atoms with E-state index < -0.39 is 0 Å². The van der Waals surface area contributed by atoms with Crippen molar-refractivity contribution >= 4 is 22.6 Å². The summed E-state index contributed by atoms with van der Waals surface area (Å²) in [6.45, 7) is 4.24. The first-order valence-electron chi connectivity index (χ1n) is 6.95. The summed E-state index contributed by atoms with van der Waals surface area (Å²) < 4.78 is 0. The molecule has 1 aromatic heterocycles. The summed E-state index contributed by atoms with van der Waals surface area (Å²) in [5.41, 5.74) is 3.13. The van der Waals surface area contributed by atoms with Crippen LogP contribution in [0, 0.1) is 0 Å². The van der Waals surface area contributed by atoms with Gasteiger partial charge in [-0.3, -0.25) is 0 Å². The lowest BCUT2D eigenvalue weighted by Crippen LogP contribution is -2.02. The van der Waals surface area contributed by atoms with Gasteiger partial charge in [-0.15, -0.1) is 15.0 Å². The lowest BCUT2D eigenvalue weighted by molar-refractivity contribution is 0.467. The number of aromatic hydroxyl groups is 1. The Morgan fingerprint density at radius 3 is 2.38 bits per heavy atom. The molecule has 1 N–H and O–H groups in total. The maximum absolute atomic E-state index is 10.2. The standard InChI is InChI=1S/C16H16ClN3O/c1-3-10(2)11-8-12(17)16(21)15(9-11)20-18-13-6-4-5-7-14(13)19-20/h4-10,21H,3H2,1-2H3. The predicted molar refractivity (Wildman–Crippen MR) is 84.2 cm³/mol. The van der Waals surface area contributed by atoms with Crippen LogP contribution in [-0.4, -0.2) is 20.1 Å². The SMILES string of the molecule is CCC(C)c1cc(Cl)c(O)c(-n2nc3ccccc3n2)c1. The van der Waals surface area contributed by atoms with Gasteiger partial charge in [0.1, 0.15) is 16.7 Å². The van der Waals surface area contributed by atoms with Crippen molar-refractivity contribution in [2.45, 2.75) is 26.2 Å². The summed E-state index contributed by atoms with van der Waals surface area (Å²) >= 11 is 6.15. The first-order valence-corrected chi connectivity index (χ1v) is 7.32. The number of rotatable bonds is 3. The molecule has 0 aliphatic heterocycles. The first kappa shape index (κ1) is 13.9. The van der Waals surface area contributed by atoms with E-state index in [1.54, 1.807) is 6.07 Å². The number of hydrogen-bond acceptors (Lipinski definition) is 3. The summed E-state index contributed by atoms with van der Waals surface area (Å²) in [6, 6.07) is 11.3. The summed E-state index contributed by atoms with van der Waals surface area (Å²) in [5, 5.41) is 19.3. The minimum absolute atomic E-state index is 0.00373. The molecule has 0 aliphatic carbocycles. The van der Waals surface area contributed by atoms with Crippen LogP contribution in [0.2, 0.25) is 5.02 Å². The van der Waals surface area contributed by atoms with Crippen molar-refractivity contribution in [3.8, 4) is 11.4 Å². The second kappa shape index (κ2) is 5.37. The number of phenolic OH excluding ortho intramolecular Hbond substituents is 1. The van der Waals surface area contributed by atoms with Crippen LogP contribution in [0.3, 0.4) is 0 Å². The van der Waals surface area contributed by atoms with Crippen molar-refractivity contribution in [2.75, 3.05) is 0 Å². The molecule has 3 aromatic rings. The Bertz CT molecular complexity index is 764. The van der Waals surface area contributed by atoms with Crippen LogP contribution in [0.5, 0.6) is 5.75 Å². The van der Waals surface area contributed by atoms with Crippen molar-refractivity contribution in [1.29, 1.82) is 0 Å². The molecule has 1 heterocycles. The first-order chi connectivity index (χ1) is 10.1. The van der Waals surface area contributed by atoms with Crippen LogP contribution in [0.25, 0.3) is 16.7 Å². The van der Waals surface area contributed by atoms with Crippen molar-refractivity contribution in [3.05, 3.63) is 47.0 Å². The fourth-order valence-electron chi connectivity index (χ4n) is 2.25. The summed E-state index contributed by atoms with van der Waals surface area (Å²) in [6.07, 6.45) is 0.995. The van der Waals surface area contributed by atoms with E-state index in [-0.39, 0.29) is 5.75 Å². The fraction of sp³-hybridized carbons (Fsp3) is 0.250. The zero-order chi connectivity index (χ0) is 15.0. The maximum atomic E-state index is 10.2. The largest absolute Gasteiger partial charge is 0.504 e. The molecular formula is C16H16ClN3O. The van der Waals surface area contributed by atoms with E-state index in [0.717, 1.165) is 23.0 Å². The Balaban J connectivity index is 2.18. The molecule has 5 heteroatoms. The Morgan fingerprint density at radius 2 is 1.81 bits per heavy atom. The average molecular weight is 302 g/mol. The normalized spacial score (nSPS) is 12.7. The number of phenols is 1. The number of benzene rings is 2. The fourth-order valence-corrected chi connectivity index (χ4v) is 2.47. The molecule has 0 spiro atoms. The van der Waals surface area contributed by atoms with E-state index in [9.17, 15) is 5.11 Å². The molecule has 1 unspecified atom stereocenters. The minimum Gasteiger partial charge on any atom is -0.504 e. The lowest BCUT2D eigenvalue weighted by atomic mass is 9.98. The van der Waals surface area contributed by atoms with Crippen LogP contribution in [0.15, 0.2) is 36.4 Å². The number of fused-ring (bicyclic) bond motifs is 1. The molecular weight excluding hydrogens is 286 g/mol. The van der Waals surface area contributed by atoms with Crippen LogP contribution >= 0.6 is 11.6 Å². The molecule has 2 aromatic carbocycles. The van der Waals surface area contributed by atoms with Crippen LogP contribution in [0.4, 0.5) is 0 Å². The highest BCUT2D eigenvalue weighted by Crippen LogP contribution is 2.34. The Hall–Kier alpha value is -2.07. The third-order valence-electron chi connectivity index (χ3n) is 3.75. The van der Waals surface area contributed by atoms with Gasteiger partial charge >= 0.3 is 0 Å². The zero-order valence-electron chi connectivity index (χ0n) is 11.9. The molecule has 4 nitrogen and oxygen atoms in total. The van der Waals surface area contributed by atoms with E-state index >= 15 is 0 Å². The highest BCUT2D eigenvalue weighted by molar-refractivity contribution is 6.32. The quantitative estimate of drug-likeness (QED) is 0.785. The molecule has 0 fully saturated rings. The average Bonchev–Trinajstić information content (AvgIpc) is 2.92. The highest BCUT2D eigenvalue weighted by atomic mass is 35.5. The van der Waals surface area contributed by atoms with Crippen molar-refractivity contribution in [2.24, 2.45) is 0 Å².